The predicted octanol–water partition coefficient (Wildman–Crippen LogP) is 1.77. The highest BCUT2D eigenvalue weighted by molar-refractivity contribution is 5.56. The SMILES string of the molecule is COc1ccc(OCC2CN(C(C)C)CCO2)c(N)c1. The molecule has 2 N–H and O–H groups in total. The number of nitrogens with two attached hydrogens (primary N) is 1. The molecule has 0 spiro atoms. The molecule has 1 aromatic carbocycles. The Bertz CT molecular complexity index is 437. The zero-order valence-corrected chi connectivity index (χ0v) is 12.5. The Balaban J connectivity index is 1.88. The van der Waals surface area contributed by atoms with E-state index in [1.54, 1.807) is 13.2 Å². The highest BCUT2D eigenvalue weighted by Gasteiger charge is 2.22. The second-order valence-corrected chi connectivity index (χ2v) is 5.30. The molecule has 1 fully saturated rings. The van der Waals surface area contributed by atoms with Crippen LogP contribution in [0.25, 0.3) is 0 Å². The predicted molar refractivity (Wildman–Crippen MR) is 79.4 cm³/mol. The van der Waals surface area contributed by atoms with Crippen molar-refractivity contribution in [3.05, 3.63) is 18.2 Å². The van der Waals surface area contributed by atoms with Crippen LogP contribution in [0.3, 0.4) is 0 Å². The van der Waals surface area contributed by atoms with Gasteiger partial charge in [-0.15, -0.1) is 0 Å². The normalized spacial score (nSPS) is 20.1. The smallest absolute Gasteiger partial charge is 0.142 e. The Hall–Kier alpha value is -1.46. The third kappa shape index (κ3) is 3.77. The summed E-state index contributed by atoms with van der Waals surface area (Å²) >= 11 is 0. The minimum absolute atomic E-state index is 0.0904. The number of rotatable bonds is 5. The zero-order chi connectivity index (χ0) is 14.5. The number of ether oxygens (including phenoxy) is 3. The van der Waals surface area contributed by atoms with E-state index < -0.39 is 0 Å². The van der Waals surface area contributed by atoms with Crippen LogP contribution in [0.15, 0.2) is 18.2 Å². The third-order valence-electron chi connectivity index (χ3n) is 3.54. The summed E-state index contributed by atoms with van der Waals surface area (Å²) in [6, 6.07) is 5.97. The molecule has 0 saturated carbocycles. The average Bonchev–Trinajstić information content (AvgIpc) is 2.46. The van der Waals surface area contributed by atoms with Gasteiger partial charge in [0.15, 0.2) is 0 Å². The number of methoxy groups -OCH3 is 1. The van der Waals surface area contributed by atoms with Crippen molar-refractivity contribution in [2.75, 3.05) is 39.1 Å². The lowest BCUT2D eigenvalue weighted by Gasteiger charge is -2.35. The molecule has 1 heterocycles. The van der Waals surface area contributed by atoms with Gasteiger partial charge < -0.3 is 19.9 Å². The maximum absolute atomic E-state index is 5.93. The molecule has 1 unspecified atom stereocenters. The summed E-state index contributed by atoms with van der Waals surface area (Å²) < 4.78 is 16.6. The van der Waals surface area contributed by atoms with Crippen LogP contribution in [-0.2, 0) is 4.74 Å². The fraction of sp³-hybridized carbons (Fsp3) is 0.600. The first-order chi connectivity index (χ1) is 9.60. The van der Waals surface area contributed by atoms with Gasteiger partial charge in [-0.2, -0.15) is 0 Å². The number of nitrogens with zero attached hydrogens (tertiary/aromatic N) is 1. The van der Waals surface area contributed by atoms with Gasteiger partial charge in [-0.1, -0.05) is 0 Å². The zero-order valence-electron chi connectivity index (χ0n) is 12.5. The van der Waals surface area contributed by atoms with Crippen molar-refractivity contribution in [3.63, 3.8) is 0 Å². The van der Waals surface area contributed by atoms with E-state index in [1.165, 1.54) is 0 Å². The van der Waals surface area contributed by atoms with Crippen LogP contribution in [0.1, 0.15) is 13.8 Å². The second kappa shape index (κ2) is 6.81. The fourth-order valence-corrected chi connectivity index (χ4v) is 2.28. The molecule has 0 aliphatic carbocycles. The standard InChI is InChI=1S/C15H24N2O3/c1-11(2)17-6-7-19-13(9-17)10-20-15-5-4-12(18-3)8-14(15)16/h4-5,8,11,13H,6-7,9-10,16H2,1-3H3. The third-order valence-corrected chi connectivity index (χ3v) is 3.54. The number of hydrogen-bond donors (Lipinski definition) is 1. The minimum Gasteiger partial charge on any atom is -0.497 e. The molecule has 1 saturated heterocycles. The molecule has 0 aromatic heterocycles. The van der Waals surface area contributed by atoms with Crippen LogP contribution in [-0.4, -0.2) is 50.5 Å². The van der Waals surface area contributed by atoms with E-state index in [0.29, 0.717) is 24.1 Å². The number of hydrogen-bond acceptors (Lipinski definition) is 5. The average molecular weight is 280 g/mol. The molecular formula is C15H24N2O3. The molecule has 1 aromatic rings. The van der Waals surface area contributed by atoms with Gasteiger partial charge in [0.25, 0.3) is 0 Å². The first kappa shape index (κ1) is 14.9. The van der Waals surface area contributed by atoms with E-state index in [2.05, 4.69) is 18.7 Å². The van der Waals surface area contributed by atoms with Crippen molar-refractivity contribution in [3.8, 4) is 11.5 Å². The van der Waals surface area contributed by atoms with E-state index in [1.807, 2.05) is 12.1 Å². The summed E-state index contributed by atoms with van der Waals surface area (Å²) in [6.07, 6.45) is 0.0904. The highest BCUT2D eigenvalue weighted by Crippen LogP contribution is 2.26. The molecule has 0 radical (unpaired) electrons. The molecule has 20 heavy (non-hydrogen) atoms. The van der Waals surface area contributed by atoms with Gasteiger partial charge in [-0.25, -0.2) is 0 Å². The van der Waals surface area contributed by atoms with Crippen LogP contribution in [0, 0.1) is 0 Å². The Morgan fingerprint density at radius 1 is 1.45 bits per heavy atom. The van der Waals surface area contributed by atoms with Gasteiger partial charge in [-0.3, -0.25) is 4.90 Å². The molecular weight excluding hydrogens is 256 g/mol. The molecule has 0 bridgehead atoms. The number of benzene rings is 1. The Morgan fingerprint density at radius 3 is 2.90 bits per heavy atom. The first-order valence-electron chi connectivity index (χ1n) is 7.02. The topological polar surface area (TPSA) is 57.0 Å². The Morgan fingerprint density at radius 2 is 2.25 bits per heavy atom. The molecule has 2 rings (SSSR count). The molecule has 1 aliphatic heterocycles. The number of anilines is 1. The summed E-state index contributed by atoms with van der Waals surface area (Å²) in [5.41, 5.74) is 6.52. The van der Waals surface area contributed by atoms with Crippen LogP contribution in [0.5, 0.6) is 11.5 Å². The molecule has 5 heteroatoms. The minimum atomic E-state index is 0.0904. The lowest BCUT2D eigenvalue weighted by molar-refractivity contribution is -0.0563. The van der Waals surface area contributed by atoms with E-state index >= 15 is 0 Å². The number of nitrogen functional groups attached to an aromatic ring is 1. The summed E-state index contributed by atoms with van der Waals surface area (Å²) in [4.78, 5) is 2.40. The second-order valence-electron chi connectivity index (χ2n) is 5.30. The lowest BCUT2D eigenvalue weighted by atomic mass is 10.2. The van der Waals surface area contributed by atoms with Crippen LogP contribution in [0.4, 0.5) is 5.69 Å². The summed E-state index contributed by atoms with van der Waals surface area (Å²) in [7, 11) is 1.62. The maximum atomic E-state index is 5.93. The first-order valence-corrected chi connectivity index (χ1v) is 7.02. The van der Waals surface area contributed by atoms with E-state index in [9.17, 15) is 0 Å². The Kier molecular flexibility index (Phi) is 5.09. The molecule has 1 aliphatic rings. The van der Waals surface area contributed by atoms with Crippen LogP contribution in [0.2, 0.25) is 0 Å². The summed E-state index contributed by atoms with van der Waals surface area (Å²) in [5, 5.41) is 0. The number of morpholine rings is 1. The van der Waals surface area contributed by atoms with Crippen molar-refractivity contribution in [1.82, 2.24) is 4.90 Å². The molecule has 0 amide bonds. The lowest BCUT2D eigenvalue weighted by Crippen LogP contribution is -2.47. The van der Waals surface area contributed by atoms with Crippen molar-refractivity contribution in [2.24, 2.45) is 0 Å². The summed E-state index contributed by atoms with van der Waals surface area (Å²) in [6.45, 7) is 7.55. The highest BCUT2D eigenvalue weighted by atomic mass is 16.5. The Labute approximate surface area is 120 Å². The van der Waals surface area contributed by atoms with E-state index in [0.717, 1.165) is 25.4 Å². The van der Waals surface area contributed by atoms with Crippen molar-refractivity contribution in [1.29, 1.82) is 0 Å². The van der Waals surface area contributed by atoms with Crippen molar-refractivity contribution < 1.29 is 14.2 Å². The monoisotopic (exact) mass is 280 g/mol. The largest absolute Gasteiger partial charge is 0.497 e. The molecule has 5 nitrogen and oxygen atoms in total. The van der Waals surface area contributed by atoms with Crippen LogP contribution < -0.4 is 15.2 Å². The van der Waals surface area contributed by atoms with Gasteiger partial charge in [0.2, 0.25) is 0 Å². The maximum Gasteiger partial charge on any atom is 0.142 e. The van der Waals surface area contributed by atoms with Gasteiger partial charge in [-0.05, 0) is 26.0 Å². The van der Waals surface area contributed by atoms with Gasteiger partial charge in [0.05, 0.1) is 19.4 Å². The van der Waals surface area contributed by atoms with Crippen LogP contribution >= 0.6 is 0 Å². The van der Waals surface area contributed by atoms with Gasteiger partial charge in [0, 0.05) is 25.2 Å². The summed E-state index contributed by atoms with van der Waals surface area (Å²) in [5.74, 6) is 1.41. The van der Waals surface area contributed by atoms with E-state index in [4.69, 9.17) is 19.9 Å². The van der Waals surface area contributed by atoms with Gasteiger partial charge in [0.1, 0.15) is 24.2 Å². The quantitative estimate of drug-likeness (QED) is 0.833. The fourth-order valence-electron chi connectivity index (χ4n) is 2.28. The van der Waals surface area contributed by atoms with Gasteiger partial charge >= 0.3 is 0 Å². The molecule has 112 valence electrons. The van der Waals surface area contributed by atoms with Crippen molar-refractivity contribution >= 4 is 5.69 Å². The van der Waals surface area contributed by atoms with Crippen molar-refractivity contribution in [2.45, 2.75) is 26.0 Å². The molecule has 1 atom stereocenters. The van der Waals surface area contributed by atoms with E-state index in [-0.39, 0.29) is 6.10 Å².